The number of carboxylic acid groups (broad SMARTS) is 1. The van der Waals surface area contributed by atoms with Crippen LogP contribution in [0.4, 0.5) is 0 Å². The average Bonchev–Trinajstić information content (AvgIpc) is 2.27. The minimum Gasteiger partial charge on any atom is -0.496 e. The molecule has 1 rings (SSSR count). The number of methoxy groups -OCH3 is 1. The van der Waals surface area contributed by atoms with Gasteiger partial charge in [0.1, 0.15) is 11.8 Å². The highest BCUT2D eigenvalue weighted by Crippen LogP contribution is 2.30. The number of benzene rings is 1. The molecule has 88 valence electrons. The zero-order valence-electron chi connectivity index (χ0n) is 9.16. The fourth-order valence-electron chi connectivity index (χ4n) is 1.43. The van der Waals surface area contributed by atoms with E-state index in [4.69, 9.17) is 27.2 Å². The molecule has 0 spiro atoms. The average molecular weight is 244 g/mol. The fourth-order valence-corrected chi connectivity index (χ4v) is 1.74. The van der Waals surface area contributed by atoms with E-state index in [0.717, 1.165) is 12.0 Å². The maximum atomic E-state index is 10.8. The van der Waals surface area contributed by atoms with Crippen LogP contribution in [0.25, 0.3) is 0 Å². The molecule has 0 heterocycles. The summed E-state index contributed by atoms with van der Waals surface area (Å²) in [5, 5.41) is 9.36. The van der Waals surface area contributed by atoms with E-state index < -0.39 is 12.0 Å². The minimum atomic E-state index is -1.13. The Morgan fingerprint density at radius 3 is 2.69 bits per heavy atom. The molecule has 1 unspecified atom stereocenters. The van der Waals surface area contributed by atoms with Crippen LogP contribution in [0.2, 0.25) is 5.02 Å². The quantitative estimate of drug-likeness (QED) is 0.848. The van der Waals surface area contributed by atoms with E-state index in [2.05, 4.69) is 0 Å². The Labute approximate surface area is 99.0 Å². The molecule has 0 aliphatic carbocycles. The van der Waals surface area contributed by atoms with E-state index in [-0.39, 0.29) is 0 Å². The van der Waals surface area contributed by atoms with Gasteiger partial charge >= 0.3 is 5.97 Å². The number of carbonyl (C=O) groups is 1. The molecule has 0 aliphatic heterocycles. The van der Waals surface area contributed by atoms with E-state index >= 15 is 0 Å². The lowest BCUT2D eigenvalue weighted by molar-refractivity contribution is -0.138. The maximum absolute atomic E-state index is 10.8. The van der Waals surface area contributed by atoms with Gasteiger partial charge in [-0.15, -0.1) is 0 Å². The third kappa shape index (κ3) is 2.46. The van der Waals surface area contributed by atoms with Crippen LogP contribution < -0.4 is 10.5 Å². The van der Waals surface area contributed by atoms with Gasteiger partial charge in [0.05, 0.1) is 7.11 Å². The second kappa shape index (κ2) is 5.18. The van der Waals surface area contributed by atoms with Crippen molar-refractivity contribution in [3.05, 3.63) is 28.3 Å². The summed E-state index contributed by atoms with van der Waals surface area (Å²) in [6, 6.07) is 2.15. The van der Waals surface area contributed by atoms with Crippen molar-refractivity contribution < 1.29 is 14.6 Å². The zero-order valence-corrected chi connectivity index (χ0v) is 9.91. The van der Waals surface area contributed by atoms with Gasteiger partial charge in [-0.1, -0.05) is 18.5 Å². The molecule has 0 saturated carbocycles. The molecular formula is C11H14ClNO3. The smallest absolute Gasteiger partial charge is 0.325 e. The summed E-state index contributed by atoms with van der Waals surface area (Å²) in [5.41, 5.74) is 6.83. The van der Waals surface area contributed by atoms with Gasteiger partial charge in [0.15, 0.2) is 0 Å². The first-order valence-corrected chi connectivity index (χ1v) is 5.23. The fraction of sp³-hybridized carbons (Fsp3) is 0.364. The van der Waals surface area contributed by atoms with Crippen molar-refractivity contribution >= 4 is 17.6 Å². The second-order valence-electron chi connectivity index (χ2n) is 3.36. The molecule has 0 amide bonds. The molecular weight excluding hydrogens is 230 g/mol. The lowest BCUT2D eigenvalue weighted by Crippen LogP contribution is -2.21. The molecule has 4 nitrogen and oxygen atoms in total. The molecule has 0 aliphatic rings. The van der Waals surface area contributed by atoms with Gasteiger partial charge in [0.25, 0.3) is 0 Å². The summed E-state index contributed by atoms with van der Waals surface area (Å²) >= 11 is 6.00. The SMILES string of the molecule is CCc1cc(OC)c(C(N)C(=O)O)cc1Cl. The first-order chi connectivity index (χ1) is 7.51. The Hall–Kier alpha value is -1.26. The molecule has 0 bridgehead atoms. The predicted molar refractivity (Wildman–Crippen MR) is 61.9 cm³/mol. The molecule has 16 heavy (non-hydrogen) atoms. The van der Waals surface area contributed by atoms with E-state index in [1.165, 1.54) is 7.11 Å². The minimum absolute atomic E-state index is 0.386. The zero-order chi connectivity index (χ0) is 12.3. The largest absolute Gasteiger partial charge is 0.496 e. The number of carboxylic acids is 1. The van der Waals surface area contributed by atoms with Crippen molar-refractivity contribution in [3.63, 3.8) is 0 Å². The summed E-state index contributed by atoms with van der Waals surface area (Å²) in [6.07, 6.45) is 0.748. The number of halogens is 1. The highest BCUT2D eigenvalue weighted by molar-refractivity contribution is 6.31. The Bertz CT molecular complexity index is 406. The molecule has 1 aromatic rings. The van der Waals surface area contributed by atoms with Gasteiger partial charge in [-0.2, -0.15) is 0 Å². The normalized spacial score (nSPS) is 12.2. The highest BCUT2D eigenvalue weighted by atomic mass is 35.5. The highest BCUT2D eigenvalue weighted by Gasteiger charge is 2.20. The molecule has 1 atom stereocenters. The number of aliphatic carboxylic acids is 1. The Kier molecular flexibility index (Phi) is 4.15. The molecule has 0 saturated heterocycles. The van der Waals surface area contributed by atoms with Crippen LogP contribution >= 0.6 is 11.6 Å². The van der Waals surface area contributed by atoms with Crippen LogP contribution in [0.3, 0.4) is 0 Å². The topological polar surface area (TPSA) is 72.5 Å². The summed E-state index contributed by atoms with van der Waals surface area (Å²) < 4.78 is 5.11. The van der Waals surface area contributed by atoms with Gasteiger partial charge in [-0.25, -0.2) is 0 Å². The monoisotopic (exact) mass is 243 g/mol. The van der Waals surface area contributed by atoms with Gasteiger partial charge < -0.3 is 15.6 Å². The second-order valence-corrected chi connectivity index (χ2v) is 3.76. The number of rotatable bonds is 4. The third-order valence-corrected chi connectivity index (χ3v) is 2.73. The van der Waals surface area contributed by atoms with Crippen molar-refractivity contribution in [1.82, 2.24) is 0 Å². The van der Waals surface area contributed by atoms with Crippen LogP contribution in [0.1, 0.15) is 24.1 Å². The number of aryl methyl sites for hydroxylation is 1. The molecule has 0 aromatic heterocycles. The van der Waals surface area contributed by atoms with Crippen LogP contribution in [-0.4, -0.2) is 18.2 Å². The lowest BCUT2D eigenvalue weighted by Gasteiger charge is -2.14. The molecule has 0 fully saturated rings. The van der Waals surface area contributed by atoms with Crippen molar-refractivity contribution in [3.8, 4) is 5.75 Å². The van der Waals surface area contributed by atoms with E-state index in [1.54, 1.807) is 12.1 Å². The molecule has 5 heteroatoms. The lowest BCUT2D eigenvalue weighted by atomic mass is 10.0. The van der Waals surface area contributed by atoms with Gasteiger partial charge in [-0.05, 0) is 24.1 Å². The molecule has 3 N–H and O–H groups in total. The summed E-state index contributed by atoms with van der Waals surface area (Å²) in [4.78, 5) is 10.8. The van der Waals surface area contributed by atoms with Crippen LogP contribution in [-0.2, 0) is 11.2 Å². The predicted octanol–water partition coefficient (Wildman–Crippen LogP) is 2.00. The number of ether oxygens (including phenoxy) is 1. The summed E-state index contributed by atoms with van der Waals surface area (Å²) in [7, 11) is 1.47. The Morgan fingerprint density at radius 2 is 2.25 bits per heavy atom. The Morgan fingerprint density at radius 1 is 1.62 bits per heavy atom. The van der Waals surface area contributed by atoms with E-state index in [1.807, 2.05) is 6.92 Å². The van der Waals surface area contributed by atoms with E-state index in [0.29, 0.717) is 16.3 Å². The maximum Gasteiger partial charge on any atom is 0.325 e. The number of hydrogen-bond acceptors (Lipinski definition) is 3. The van der Waals surface area contributed by atoms with Crippen molar-refractivity contribution in [2.45, 2.75) is 19.4 Å². The van der Waals surface area contributed by atoms with E-state index in [9.17, 15) is 4.79 Å². The first kappa shape index (κ1) is 12.8. The first-order valence-electron chi connectivity index (χ1n) is 4.86. The van der Waals surface area contributed by atoms with Crippen LogP contribution in [0.15, 0.2) is 12.1 Å². The summed E-state index contributed by atoms with van der Waals surface area (Å²) in [6.45, 7) is 1.96. The standard InChI is InChI=1S/C11H14ClNO3/c1-3-6-4-9(16-2)7(5-8(6)12)10(13)11(14)15/h4-5,10H,3,13H2,1-2H3,(H,14,15). The summed E-state index contributed by atoms with van der Waals surface area (Å²) in [5.74, 6) is -0.658. The van der Waals surface area contributed by atoms with Crippen LogP contribution in [0, 0.1) is 0 Å². The van der Waals surface area contributed by atoms with Crippen molar-refractivity contribution in [2.75, 3.05) is 7.11 Å². The molecule has 0 radical (unpaired) electrons. The third-order valence-electron chi connectivity index (χ3n) is 2.38. The number of nitrogens with two attached hydrogens (primary N) is 1. The van der Waals surface area contributed by atoms with Crippen molar-refractivity contribution in [2.24, 2.45) is 5.73 Å². The Balaban J connectivity index is 3.28. The van der Waals surface area contributed by atoms with Crippen molar-refractivity contribution in [1.29, 1.82) is 0 Å². The van der Waals surface area contributed by atoms with Gasteiger partial charge in [0, 0.05) is 10.6 Å². The number of hydrogen-bond donors (Lipinski definition) is 2. The molecule has 1 aromatic carbocycles. The van der Waals surface area contributed by atoms with Gasteiger partial charge in [0.2, 0.25) is 0 Å². The van der Waals surface area contributed by atoms with Crippen LogP contribution in [0.5, 0.6) is 5.75 Å². The van der Waals surface area contributed by atoms with Gasteiger partial charge in [-0.3, -0.25) is 4.79 Å².